The van der Waals surface area contributed by atoms with Crippen LogP contribution in [0, 0.1) is 5.92 Å². The van der Waals surface area contributed by atoms with Gasteiger partial charge in [0, 0.05) is 31.8 Å². The van der Waals surface area contributed by atoms with Gasteiger partial charge in [0.05, 0.1) is 16.4 Å². The van der Waals surface area contributed by atoms with Crippen molar-refractivity contribution in [2.45, 2.75) is 23.8 Å². The molecule has 3 rings (SSSR count). The van der Waals surface area contributed by atoms with E-state index >= 15 is 0 Å². The standard InChI is InChI=1S/C21H26ClN3O5S2/c1-30-13-10-23-21(27)19(24-20(26)18-3-2-14-31-18)15-8-11-25(12-9-15)32(28,29)17-6-4-16(22)5-7-17/h2-7,14-15,19H,8-13H2,1H3,(H,23,27)(H,24,26)/t19-/m1/s1. The van der Waals surface area contributed by atoms with E-state index < -0.39 is 16.1 Å². The lowest BCUT2D eigenvalue weighted by atomic mass is 9.89. The molecule has 0 radical (unpaired) electrons. The summed E-state index contributed by atoms with van der Waals surface area (Å²) in [6.07, 6.45) is 0.889. The molecule has 0 aliphatic carbocycles. The van der Waals surface area contributed by atoms with Crippen LogP contribution in [0.15, 0.2) is 46.7 Å². The predicted molar refractivity (Wildman–Crippen MR) is 123 cm³/mol. The summed E-state index contributed by atoms with van der Waals surface area (Å²) in [5.74, 6) is -0.813. The molecule has 1 saturated heterocycles. The van der Waals surface area contributed by atoms with Crippen LogP contribution in [0.4, 0.5) is 0 Å². The third kappa shape index (κ3) is 6.08. The zero-order valence-electron chi connectivity index (χ0n) is 17.6. The Hall–Kier alpha value is -1.98. The van der Waals surface area contributed by atoms with Crippen LogP contribution in [-0.4, -0.2) is 63.9 Å². The van der Waals surface area contributed by atoms with Crippen LogP contribution in [0.5, 0.6) is 0 Å². The maximum Gasteiger partial charge on any atom is 0.262 e. The summed E-state index contributed by atoms with van der Waals surface area (Å²) < 4.78 is 32.3. The van der Waals surface area contributed by atoms with E-state index in [0.29, 0.717) is 35.9 Å². The van der Waals surface area contributed by atoms with Gasteiger partial charge in [-0.1, -0.05) is 17.7 Å². The zero-order chi connectivity index (χ0) is 23.1. The normalized spacial score (nSPS) is 16.4. The summed E-state index contributed by atoms with van der Waals surface area (Å²) in [5, 5.41) is 7.89. The number of piperidine rings is 1. The van der Waals surface area contributed by atoms with Gasteiger partial charge in [-0.15, -0.1) is 11.3 Å². The number of sulfonamides is 1. The number of ether oxygens (including phenoxy) is 1. The highest BCUT2D eigenvalue weighted by Crippen LogP contribution is 2.27. The van der Waals surface area contributed by atoms with E-state index in [2.05, 4.69) is 10.6 Å². The highest BCUT2D eigenvalue weighted by molar-refractivity contribution is 7.89. The second-order valence-corrected chi connectivity index (χ2v) is 10.7. The van der Waals surface area contributed by atoms with Gasteiger partial charge in [0.2, 0.25) is 15.9 Å². The van der Waals surface area contributed by atoms with Gasteiger partial charge in [-0.2, -0.15) is 4.31 Å². The number of thiophene rings is 1. The molecule has 1 atom stereocenters. The fourth-order valence-electron chi connectivity index (χ4n) is 3.61. The summed E-state index contributed by atoms with van der Waals surface area (Å²) in [5.41, 5.74) is 0. The van der Waals surface area contributed by atoms with Gasteiger partial charge in [0.25, 0.3) is 5.91 Å². The van der Waals surface area contributed by atoms with Gasteiger partial charge in [-0.25, -0.2) is 8.42 Å². The Labute approximate surface area is 196 Å². The van der Waals surface area contributed by atoms with Gasteiger partial charge in [-0.05, 0) is 54.5 Å². The molecule has 32 heavy (non-hydrogen) atoms. The van der Waals surface area contributed by atoms with Gasteiger partial charge >= 0.3 is 0 Å². The minimum absolute atomic E-state index is 0.181. The fourth-order valence-corrected chi connectivity index (χ4v) is 5.83. The summed E-state index contributed by atoms with van der Waals surface area (Å²) >= 11 is 7.16. The van der Waals surface area contributed by atoms with Crippen molar-refractivity contribution in [1.29, 1.82) is 0 Å². The second-order valence-electron chi connectivity index (χ2n) is 7.41. The third-order valence-electron chi connectivity index (χ3n) is 5.34. The molecule has 0 bridgehead atoms. The van der Waals surface area contributed by atoms with Gasteiger partial charge in [-0.3, -0.25) is 9.59 Å². The molecule has 8 nitrogen and oxygen atoms in total. The average Bonchev–Trinajstić information content (AvgIpc) is 3.33. The van der Waals surface area contributed by atoms with E-state index in [1.165, 1.54) is 27.8 Å². The number of hydrogen-bond donors (Lipinski definition) is 2. The first-order chi connectivity index (χ1) is 15.3. The molecule has 1 aromatic heterocycles. The van der Waals surface area contributed by atoms with Crippen molar-refractivity contribution in [3.63, 3.8) is 0 Å². The average molecular weight is 500 g/mol. The van der Waals surface area contributed by atoms with Gasteiger partial charge in [0.15, 0.2) is 0 Å². The lowest BCUT2D eigenvalue weighted by Gasteiger charge is -2.35. The predicted octanol–water partition coefficient (Wildman–Crippen LogP) is 2.36. The number of nitrogens with one attached hydrogen (secondary N) is 2. The van der Waals surface area contributed by atoms with E-state index in [0.717, 1.165) is 0 Å². The molecular formula is C21H26ClN3O5S2. The van der Waals surface area contributed by atoms with E-state index in [4.69, 9.17) is 16.3 Å². The Morgan fingerprint density at radius 1 is 1.22 bits per heavy atom. The largest absolute Gasteiger partial charge is 0.383 e. The summed E-state index contributed by atoms with van der Waals surface area (Å²) in [6.45, 7) is 1.19. The van der Waals surface area contributed by atoms with Crippen molar-refractivity contribution in [2.75, 3.05) is 33.4 Å². The van der Waals surface area contributed by atoms with Gasteiger partial charge in [0.1, 0.15) is 6.04 Å². The third-order valence-corrected chi connectivity index (χ3v) is 8.37. The lowest BCUT2D eigenvalue weighted by molar-refractivity contribution is -0.124. The maximum absolute atomic E-state index is 12.9. The topological polar surface area (TPSA) is 105 Å². The van der Waals surface area contributed by atoms with Crippen molar-refractivity contribution in [3.05, 3.63) is 51.7 Å². The molecule has 174 valence electrons. The van der Waals surface area contributed by atoms with Crippen LogP contribution in [0.25, 0.3) is 0 Å². The summed E-state index contributed by atoms with van der Waals surface area (Å²) in [6, 6.07) is 8.76. The number of carbonyl (C=O) groups is 2. The fraction of sp³-hybridized carbons (Fsp3) is 0.429. The van der Waals surface area contributed by atoms with Crippen LogP contribution < -0.4 is 10.6 Å². The van der Waals surface area contributed by atoms with Crippen molar-refractivity contribution in [3.8, 4) is 0 Å². The smallest absolute Gasteiger partial charge is 0.262 e. The monoisotopic (exact) mass is 499 g/mol. The van der Waals surface area contributed by atoms with E-state index in [9.17, 15) is 18.0 Å². The molecule has 0 unspecified atom stereocenters. The van der Waals surface area contributed by atoms with E-state index in [1.54, 1.807) is 36.8 Å². The maximum atomic E-state index is 12.9. The molecule has 1 aliphatic heterocycles. The Morgan fingerprint density at radius 3 is 2.50 bits per heavy atom. The quantitative estimate of drug-likeness (QED) is 0.515. The number of nitrogens with zero attached hydrogens (tertiary/aromatic N) is 1. The molecule has 1 fully saturated rings. The summed E-state index contributed by atoms with van der Waals surface area (Å²) in [4.78, 5) is 26.1. The van der Waals surface area contributed by atoms with Crippen LogP contribution >= 0.6 is 22.9 Å². The van der Waals surface area contributed by atoms with Crippen LogP contribution in [0.1, 0.15) is 22.5 Å². The number of halogens is 1. The van der Waals surface area contributed by atoms with Gasteiger partial charge < -0.3 is 15.4 Å². The Kier molecular flexibility index (Phi) is 8.66. The summed E-state index contributed by atoms with van der Waals surface area (Å²) in [7, 11) is -2.11. The number of methoxy groups -OCH3 is 1. The number of hydrogen-bond acceptors (Lipinski definition) is 6. The Balaban J connectivity index is 1.69. The van der Waals surface area contributed by atoms with Crippen molar-refractivity contribution < 1.29 is 22.7 Å². The number of benzene rings is 1. The highest BCUT2D eigenvalue weighted by Gasteiger charge is 2.36. The molecular weight excluding hydrogens is 474 g/mol. The molecule has 1 aromatic carbocycles. The van der Waals surface area contributed by atoms with E-state index in [1.807, 2.05) is 0 Å². The highest BCUT2D eigenvalue weighted by atomic mass is 35.5. The molecule has 1 aliphatic rings. The Morgan fingerprint density at radius 2 is 1.91 bits per heavy atom. The van der Waals surface area contributed by atoms with Crippen LogP contribution in [0.2, 0.25) is 5.02 Å². The second kappa shape index (κ2) is 11.2. The van der Waals surface area contributed by atoms with Crippen molar-refractivity contribution >= 4 is 44.8 Å². The van der Waals surface area contributed by atoms with E-state index in [-0.39, 0.29) is 35.7 Å². The number of amides is 2. The molecule has 2 heterocycles. The molecule has 2 aromatic rings. The molecule has 2 amide bonds. The SMILES string of the molecule is COCCNC(=O)[C@H](NC(=O)c1cccs1)C1CCN(S(=O)(=O)c2ccc(Cl)cc2)CC1. The van der Waals surface area contributed by atoms with Crippen molar-refractivity contribution in [1.82, 2.24) is 14.9 Å². The molecule has 11 heteroatoms. The minimum atomic E-state index is -3.65. The first-order valence-electron chi connectivity index (χ1n) is 10.2. The van der Waals surface area contributed by atoms with Crippen molar-refractivity contribution in [2.24, 2.45) is 5.92 Å². The van der Waals surface area contributed by atoms with Crippen LogP contribution in [-0.2, 0) is 19.6 Å². The molecule has 2 N–H and O–H groups in total. The minimum Gasteiger partial charge on any atom is -0.383 e. The first kappa shape index (κ1) is 24.7. The Bertz CT molecular complexity index is 1000. The molecule has 0 saturated carbocycles. The lowest BCUT2D eigenvalue weighted by Crippen LogP contribution is -2.54. The first-order valence-corrected chi connectivity index (χ1v) is 12.9. The molecule has 0 spiro atoms. The number of carbonyl (C=O) groups excluding carboxylic acids is 2. The zero-order valence-corrected chi connectivity index (χ0v) is 20.0. The number of rotatable bonds is 9. The van der Waals surface area contributed by atoms with Crippen LogP contribution in [0.3, 0.4) is 0 Å².